The summed E-state index contributed by atoms with van der Waals surface area (Å²) in [5.74, 6) is 0.430. The molecule has 0 aliphatic heterocycles. The Kier molecular flexibility index (Phi) is 6.29. The van der Waals surface area contributed by atoms with Crippen LogP contribution in [0.3, 0.4) is 0 Å². The van der Waals surface area contributed by atoms with E-state index in [4.69, 9.17) is 22.7 Å². The Labute approximate surface area is 119 Å². The minimum atomic E-state index is -0.160. The van der Waals surface area contributed by atoms with E-state index in [1.54, 1.807) is 12.1 Å². The molecule has 19 heavy (non-hydrogen) atoms. The molecular weight excluding hydrogens is 260 g/mol. The normalized spacial score (nSPS) is 11.7. The SMILES string of the molecule is CCOc1ccccc1C(=O)NC(CC)CC(N)=S. The van der Waals surface area contributed by atoms with E-state index < -0.39 is 0 Å². The van der Waals surface area contributed by atoms with E-state index in [2.05, 4.69) is 5.32 Å². The minimum Gasteiger partial charge on any atom is -0.493 e. The third-order valence-corrected chi connectivity index (χ3v) is 2.87. The lowest BCUT2D eigenvalue weighted by molar-refractivity contribution is 0.0933. The van der Waals surface area contributed by atoms with Crippen LogP contribution in [0.15, 0.2) is 24.3 Å². The van der Waals surface area contributed by atoms with Gasteiger partial charge in [0.05, 0.1) is 17.2 Å². The van der Waals surface area contributed by atoms with Crippen molar-refractivity contribution in [3.63, 3.8) is 0 Å². The number of carbonyl (C=O) groups is 1. The lowest BCUT2D eigenvalue weighted by atomic mass is 10.1. The molecule has 0 aliphatic rings. The van der Waals surface area contributed by atoms with Crippen molar-refractivity contribution in [3.05, 3.63) is 29.8 Å². The van der Waals surface area contributed by atoms with Gasteiger partial charge in [0, 0.05) is 12.5 Å². The monoisotopic (exact) mass is 280 g/mol. The number of benzene rings is 1. The maximum absolute atomic E-state index is 12.2. The molecule has 0 aliphatic carbocycles. The van der Waals surface area contributed by atoms with Crippen LogP contribution < -0.4 is 15.8 Å². The van der Waals surface area contributed by atoms with Crippen LogP contribution in [0, 0.1) is 0 Å². The number of ether oxygens (including phenoxy) is 1. The van der Waals surface area contributed by atoms with Crippen LogP contribution in [0.1, 0.15) is 37.0 Å². The fraction of sp³-hybridized carbons (Fsp3) is 0.429. The first-order valence-electron chi connectivity index (χ1n) is 6.39. The Morgan fingerprint density at radius 3 is 2.68 bits per heavy atom. The maximum Gasteiger partial charge on any atom is 0.255 e. The minimum absolute atomic E-state index is 0.0420. The number of carbonyl (C=O) groups excluding carboxylic acids is 1. The van der Waals surface area contributed by atoms with Gasteiger partial charge >= 0.3 is 0 Å². The van der Waals surface area contributed by atoms with Gasteiger partial charge in [-0.15, -0.1) is 0 Å². The van der Waals surface area contributed by atoms with E-state index >= 15 is 0 Å². The van der Waals surface area contributed by atoms with E-state index in [1.165, 1.54) is 0 Å². The van der Waals surface area contributed by atoms with Gasteiger partial charge in [0.1, 0.15) is 5.75 Å². The molecule has 5 heteroatoms. The number of hydrogen-bond donors (Lipinski definition) is 2. The summed E-state index contributed by atoms with van der Waals surface area (Å²) < 4.78 is 5.44. The Morgan fingerprint density at radius 1 is 1.42 bits per heavy atom. The second-order valence-corrected chi connectivity index (χ2v) is 4.70. The Hall–Kier alpha value is -1.62. The van der Waals surface area contributed by atoms with Gasteiger partial charge in [-0.25, -0.2) is 0 Å². The lowest BCUT2D eigenvalue weighted by Gasteiger charge is -2.17. The average Bonchev–Trinajstić information content (AvgIpc) is 2.38. The maximum atomic E-state index is 12.2. The van der Waals surface area contributed by atoms with Crippen LogP contribution >= 0.6 is 12.2 Å². The predicted molar refractivity (Wildman–Crippen MR) is 80.6 cm³/mol. The van der Waals surface area contributed by atoms with E-state index in [9.17, 15) is 4.79 Å². The van der Waals surface area contributed by atoms with E-state index in [0.717, 1.165) is 6.42 Å². The number of nitrogens with two attached hydrogens (primary N) is 1. The molecule has 0 bridgehead atoms. The first kappa shape index (κ1) is 15.4. The van der Waals surface area contributed by atoms with Gasteiger partial charge in [-0.05, 0) is 25.5 Å². The van der Waals surface area contributed by atoms with E-state index in [-0.39, 0.29) is 11.9 Å². The Balaban J connectivity index is 2.79. The number of hydrogen-bond acceptors (Lipinski definition) is 3. The van der Waals surface area contributed by atoms with Gasteiger partial charge in [0.15, 0.2) is 0 Å². The van der Waals surface area contributed by atoms with Gasteiger partial charge < -0.3 is 15.8 Å². The molecule has 4 nitrogen and oxygen atoms in total. The van der Waals surface area contributed by atoms with Crippen LogP contribution in [0.2, 0.25) is 0 Å². The highest BCUT2D eigenvalue weighted by Gasteiger charge is 2.16. The van der Waals surface area contributed by atoms with E-state index in [1.807, 2.05) is 26.0 Å². The molecule has 0 heterocycles. The number of rotatable bonds is 7. The zero-order valence-electron chi connectivity index (χ0n) is 11.3. The molecule has 1 aromatic rings. The molecule has 0 radical (unpaired) electrons. The highest BCUT2D eigenvalue weighted by atomic mass is 32.1. The second kappa shape index (κ2) is 7.74. The van der Waals surface area contributed by atoms with Crippen molar-refractivity contribution in [2.24, 2.45) is 5.73 Å². The zero-order chi connectivity index (χ0) is 14.3. The zero-order valence-corrected chi connectivity index (χ0v) is 12.1. The number of amides is 1. The van der Waals surface area contributed by atoms with Crippen LogP contribution in [-0.4, -0.2) is 23.5 Å². The van der Waals surface area contributed by atoms with Crippen LogP contribution in [-0.2, 0) is 0 Å². The highest BCUT2D eigenvalue weighted by molar-refractivity contribution is 7.80. The van der Waals surface area contributed by atoms with Crippen molar-refractivity contribution in [2.75, 3.05) is 6.61 Å². The summed E-state index contributed by atoms with van der Waals surface area (Å²) in [6.07, 6.45) is 1.29. The first-order valence-corrected chi connectivity index (χ1v) is 6.80. The molecule has 104 valence electrons. The summed E-state index contributed by atoms with van der Waals surface area (Å²) in [7, 11) is 0. The van der Waals surface area contributed by atoms with Crippen molar-refractivity contribution in [1.29, 1.82) is 0 Å². The standard InChI is InChI=1S/C14H20N2O2S/c1-3-10(9-13(15)19)16-14(17)11-7-5-6-8-12(11)18-4-2/h5-8,10H,3-4,9H2,1-2H3,(H2,15,19)(H,16,17). The molecule has 1 unspecified atom stereocenters. The number of nitrogens with one attached hydrogen (secondary N) is 1. The van der Waals surface area contributed by atoms with Gasteiger partial charge in [-0.3, -0.25) is 4.79 Å². The van der Waals surface area contributed by atoms with Crippen LogP contribution in [0.4, 0.5) is 0 Å². The third-order valence-electron chi connectivity index (χ3n) is 2.71. The number of thiocarbonyl (C=S) groups is 1. The molecule has 0 spiro atoms. The molecule has 0 saturated carbocycles. The highest BCUT2D eigenvalue weighted by Crippen LogP contribution is 2.18. The van der Waals surface area contributed by atoms with Crippen LogP contribution in [0.25, 0.3) is 0 Å². The fourth-order valence-electron chi connectivity index (χ4n) is 1.74. The summed E-state index contributed by atoms with van der Waals surface area (Å²) in [5, 5.41) is 2.93. The molecule has 0 fully saturated rings. The van der Waals surface area contributed by atoms with Crippen molar-refractivity contribution < 1.29 is 9.53 Å². The summed E-state index contributed by atoms with van der Waals surface area (Å²) >= 11 is 4.88. The molecule has 1 aromatic carbocycles. The second-order valence-electron chi connectivity index (χ2n) is 4.18. The van der Waals surface area contributed by atoms with Gasteiger partial charge in [-0.2, -0.15) is 0 Å². The summed E-state index contributed by atoms with van der Waals surface area (Å²) in [6, 6.07) is 7.14. The summed E-state index contributed by atoms with van der Waals surface area (Å²) in [6.45, 7) is 4.39. The van der Waals surface area contributed by atoms with Crippen molar-refractivity contribution in [2.45, 2.75) is 32.7 Å². The smallest absolute Gasteiger partial charge is 0.255 e. The predicted octanol–water partition coefficient (Wildman–Crippen LogP) is 2.27. The Bertz CT molecular complexity index is 449. The largest absolute Gasteiger partial charge is 0.493 e. The molecule has 1 amide bonds. The topological polar surface area (TPSA) is 64.3 Å². The average molecular weight is 280 g/mol. The molecule has 0 aromatic heterocycles. The van der Waals surface area contributed by atoms with Crippen molar-refractivity contribution in [3.8, 4) is 5.75 Å². The fourth-order valence-corrected chi connectivity index (χ4v) is 1.94. The van der Waals surface area contributed by atoms with Gasteiger partial charge in [0.2, 0.25) is 0 Å². The molecule has 0 saturated heterocycles. The quantitative estimate of drug-likeness (QED) is 0.752. The molecule has 1 rings (SSSR count). The molecule has 3 N–H and O–H groups in total. The van der Waals surface area contributed by atoms with E-state index in [0.29, 0.717) is 29.3 Å². The van der Waals surface area contributed by atoms with Gasteiger partial charge in [-0.1, -0.05) is 31.3 Å². The van der Waals surface area contributed by atoms with Crippen molar-refractivity contribution >= 4 is 23.1 Å². The lowest BCUT2D eigenvalue weighted by Crippen LogP contribution is -2.37. The molecular formula is C14H20N2O2S. The summed E-state index contributed by atoms with van der Waals surface area (Å²) in [4.78, 5) is 12.6. The third kappa shape index (κ3) is 4.87. The van der Waals surface area contributed by atoms with Crippen LogP contribution in [0.5, 0.6) is 5.75 Å². The number of para-hydroxylation sites is 1. The first-order chi connectivity index (χ1) is 9.08. The van der Waals surface area contributed by atoms with Gasteiger partial charge in [0.25, 0.3) is 5.91 Å². The van der Waals surface area contributed by atoms with Crippen molar-refractivity contribution in [1.82, 2.24) is 5.32 Å². The summed E-state index contributed by atoms with van der Waals surface area (Å²) in [5.41, 5.74) is 6.05. The Morgan fingerprint density at radius 2 is 2.11 bits per heavy atom. The molecule has 1 atom stereocenters.